The van der Waals surface area contributed by atoms with Crippen LogP contribution < -0.4 is 20.3 Å². The Balaban J connectivity index is 1.75. The summed E-state index contributed by atoms with van der Waals surface area (Å²) in [6.45, 7) is 4.99. The van der Waals surface area contributed by atoms with Gasteiger partial charge in [-0.3, -0.25) is 14.4 Å². The lowest BCUT2D eigenvalue weighted by molar-refractivity contribution is -0.120. The molecule has 1 aliphatic heterocycles. The molecule has 1 aromatic heterocycles. The fourth-order valence-corrected chi connectivity index (χ4v) is 4.15. The molecule has 36 heavy (non-hydrogen) atoms. The molecule has 0 bridgehead atoms. The Morgan fingerprint density at radius 1 is 1.14 bits per heavy atom. The largest absolute Gasteiger partial charge is 0.497 e. The summed E-state index contributed by atoms with van der Waals surface area (Å²) in [6, 6.07) is 6.45. The van der Waals surface area contributed by atoms with Crippen LogP contribution in [0.2, 0.25) is 0 Å². The van der Waals surface area contributed by atoms with Crippen molar-refractivity contribution in [1.29, 1.82) is 0 Å². The molecule has 0 fully saturated rings. The Labute approximate surface area is 205 Å². The molecule has 1 unspecified atom stereocenters. The van der Waals surface area contributed by atoms with Gasteiger partial charge in [0.15, 0.2) is 0 Å². The average Bonchev–Trinajstić information content (AvgIpc) is 3.13. The summed E-state index contributed by atoms with van der Waals surface area (Å²) in [7, 11) is 1.47. The number of rotatable bonds is 4. The van der Waals surface area contributed by atoms with E-state index in [-0.39, 0.29) is 30.2 Å². The minimum atomic E-state index is -1.28. The van der Waals surface area contributed by atoms with Gasteiger partial charge >= 0.3 is 0 Å². The smallest absolute Gasteiger partial charge is 0.293 e. The Morgan fingerprint density at radius 3 is 2.42 bits per heavy atom. The van der Waals surface area contributed by atoms with Gasteiger partial charge in [-0.1, -0.05) is 20.8 Å². The van der Waals surface area contributed by atoms with Gasteiger partial charge in [-0.2, -0.15) is 5.16 Å². The van der Waals surface area contributed by atoms with Gasteiger partial charge in [0.1, 0.15) is 35.8 Å². The maximum absolute atomic E-state index is 14.8. The van der Waals surface area contributed by atoms with Gasteiger partial charge in [-0.15, -0.1) is 0 Å². The number of hydrogen-bond acceptors (Lipinski definition) is 6. The van der Waals surface area contributed by atoms with Crippen LogP contribution in [0.5, 0.6) is 11.5 Å². The van der Waals surface area contributed by atoms with E-state index in [4.69, 9.17) is 14.0 Å². The van der Waals surface area contributed by atoms with Gasteiger partial charge in [0.2, 0.25) is 5.76 Å². The molecule has 1 atom stereocenters. The minimum absolute atomic E-state index is 0.0217. The summed E-state index contributed by atoms with van der Waals surface area (Å²) in [6.07, 6.45) is 0. The fraction of sp³-hybridized carbons (Fsp3) is 0.320. The number of aromatic nitrogens is 1. The van der Waals surface area contributed by atoms with Crippen LogP contribution >= 0.6 is 0 Å². The number of halogens is 2. The Bertz CT molecular complexity index is 1350. The van der Waals surface area contributed by atoms with Crippen LogP contribution in [0.15, 0.2) is 45.7 Å². The summed E-state index contributed by atoms with van der Waals surface area (Å²) < 4.78 is 45.5. The number of anilines is 1. The van der Waals surface area contributed by atoms with Crippen molar-refractivity contribution in [3.8, 4) is 11.5 Å². The quantitative estimate of drug-likeness (QED) is 0.563. The lowest BCUT2D eigenvalue weighted by atomic mass is 9.86. The number of benzene rings is 2. The highest BCUT2D eigenvalue weighted by atomic mass is 19.1. The number of hydrogen-bond donors (Lipinski definition) is 2. The number of aromatic amines is 1. The van der Waals surface area contributed by atoms with Gasteiger partial charge in [-0.25, -0.2) is 8.78 Å². The molecule has 4 rings (SSSR count). The molecule has 2 amide bonds. The van der Waals surface area contributed by atoms with Crippen molar-refractivity contribution in [2.24, 2.45) is 0 Å². The molecule has 0 saturated carbocycles. The SMILES string of the molecule is COc1ccc2c(c1)OCCN(C(=O)c1cc(=O)[nH]o1)C2C(=O)Nc1cc(F)c(C(C)(C)C)c(F)c1. The van der Waals surface area contributed by atoms with E-state index in [1.165, 1.54) is 7.11 Å². The predicted octanol–water partition coefficient (Wildman–Crippen LogP) is 3.77. The molecule has 3 aromatic rings. The number of fused-ring (bicyclic) bond motifs is 1. The van der Waals surface area contributed by atoms with Crippen LogP contribution in [0, 0.1) is 11.6 Å². The first-order valence-electron chi connectivity index (χ1n) is 11.1. The monoisotopic (exact) mass is 501 g/mol. The van der Waals surface area contributed by atoms with E-state index in [9.17, 15) is 23.2 Å². The van der Waals surface area contributed by atoms with Crippen LogP contribution in [-0.4, -0.2) is 42.1 Å². The summed E-state index contributed by atoms with van der Waals surface area (Å²) in [5, 5.41) is 4.55. The van der Waals surface area contributed by atoms with Crippen molar-refractivity contribution in [2.75, 3.05) is 25.6 Å². The van der Waals surface area contributed by atoms with E-state index >= 15 is 0 Å². The second kappa shape index (κ2) is 9.48. The molecule has 1 aliphatic rings. The zero-order valence-corrected chi connectivity index (χ0v) is 20.1. The summed E-state index contributed by atoms with van der Waals surface area (Å²) in [4.78, 5) is 39.5. The van der Waals surface area contributed by atoms with Crippen LogP contribution in [0.3, 0.4) is 0 Å². The molecule has 0 saturated heterocycles. The van der Waals surface area contributed by atoms with Gasteiger partial charge in [0, 0.05) is 22.9 Å². The third kappa shape index (κ3) is 4.81. The summed E-state index contributed by atoms with van der Waals surface area (Å²) in [5.74, 6) is -2.67. The summed E-state index contributed by atoms with van der Waals surface area (Å²) >= 11 is 0. The number of nitrogens with one attached hydrogen (secondary N) is 2. The molecule has 0 spiro atoms. The normalized spacial score (nSPS) is 15.5. The van der Waals surface area contributed by atoms with Crippen molar-refractivity contribution in [2.45, 2.75) is 32.2 Å². The van der Waals surface area contributed by atoms with Crippen molar-refractivity contribution < 1.29 is 32.4 Å². The third-order valence-electron chi connectivity index (χ3n) is 5.72. The average molecular weight is 501 g/mol. The number of carbonyl (C=O) groups is 2. The van der Waals surface area contributed by atoms with E-state index in [0.717, 1.165) is 23.1 Å². The second-order valence-corrected chi connectivity index (χ2v) is 9.28. The second-order valence-electron chi connectivity index (χ2n) is 9.28. The third-order valence-corrected chi connectivity index (χ3v) is 5.72. The maximum Gasteiger partial charge on any atom is 0.293 e. The lowest BCUT2D eigenvalue weighted by Crippen LogP contribution is -2.42. The van der Waals surface area contributed by atoms with Crippen LogP contribution in [0.25, 0.3) is 0 Å². The molecule has 2 heterocycles. The predicted molar refractivity (Wildman–Crippen MR) is 125 cm³/mol. The molecule has 11 heteroatoms. The van der Waals surface area contributed by atoms with Gasteiger partial charge < -0.3 is 24.2 Å². The fourth-order valence-electron chi connectivity index (χ4n) is 4.15. The van der Waals surface area contributed by atoms with E-state index in [1.54, 1.807) is 39.0 Å². The number of carbonyl (C=O) groups excluding carboxylic acids is 2. The standard InChI is InChI=1S/C25H25F2N3O6/c1-25(2,3)21-16(26)9-13(10-17(21)27)28-23(32)22-15-6-5-14(34-4)11-18(15)35-8-7-30(22)24(33)19-12-20(31)29-36-19/h5-6,9-12,22H,7-8H2,1-4H3,(H,28,32)(H,29,31). The number of H-pyrrole nitrogens is 1. The van der Waals surface area contributed by atoms with Crippen molar-refractivity contribution in [1.82, 2.24) is 10.1 Å². The van der Waals surface area contributed by atoms with Gasteiger partial charge in [-0.05, 0) is 29.7 Å². The number of amides is 2. The lowest BCUT2D eigenvalue weighted by Gasteiger charge is -2.28. The molecule has 0 radical (unpaired) electrons. The molecule has 0 aliphatic carbocycles. The Hall–Kier alpha value is -4.15. The van der Waals surface area contributed by atoms with Crippen LogP contribution in [0.1, 0.15) is 48.5 Å². The first kappa shape index (κ1) is 25.0. The van der Waals surface area contributed by atoms with Crippen molar-refractivity contribution in [3.63, 3.8) is 0 Å². The van der Waals surface area contributed by atoms with Crippen LogP contribution in [-0.2, 0) is 10.2 Å². The zero-order valence-electron chi connectivity index (χ0n) is 20.1. The Morgan fingerprint density at radius 2 is 1.83 bits per heavy atom. The van der Waals surface area contributed by atoms with E-state index in [2.05, 4.69) is 5.32 Å². The minimum Gasteiger partial charge on any atom is -0.497 e. The Kier molecular flexibility index (Phi) is 6.57. The number of methoxy groups -OCH3 is 1. The van der Waals surface area contributed by atoms with Crippen molar-refractivity contribution >= 4 is 17.5 Å². The van der Waals surface area contributed by atoms with Gasteiger partial charge in [0.25, 0.3) is 17.4 Å². The highest BCUT2D eigenvalue weighted by molar-refractivity contribution is 6.01. The summed E-state index contributed by atoms with van der Waals surface area (Å²) in [5.41, 5.74) is -1.34. The molecule has 2 aromatic carbocycles. The first-order chi connectivity index (χ1) is 17.0. The van der Waals surface area contributed by atoms with Crippen LogP contribution in [0.4, 0.5) is 14.5 Å². The number of nitrogens with zero attached hydrogens (tertiary/aromatic N) is 1. The van der Waals surface area contributed by atoms with E-state index < -0.39 is 40.5 Å². The topological polar surface area (TPSA) is 114 Å². The maximum atomic E-state index is 14.8. The van der Waals surface area contributed by atoms with E-state index in [0.29, 0.717) is 17.1 Å². The molecule has 2 N–H and O–H groups in total. The first-order valence-corrected chi connectivity index (χ1v) is 11.1. The van der Waals surface area contributed by atoms with Crippen molar-refractivity contribution in [3.05, 3.63) is 75.3 Å². The van der Waals surface area contributed by atoms with E-state index in [1.807, 2.05) is 5.16 Å². The molecule has 9 nitrogen and oxygen atoms in total. The zero-order chi connectivity index (χ0) is 26.2. The molecular weight excluding hydrogens is 476 g/mol. The highest BCUT2D eigenvalue weighted by Crippen LogP contribution is 2.37. The highest BCUT2D eigenvalue weighted by Gasteiger charge is 2.38. The molecular formula is C25H25F2N3O6. The van der Waals surface area contributed by atoms with Gasteiger partial charge in [0.05, 0.1) is 19.7 Å². The molecule has 190 valence electrons. The number of ether oxygens (including phenoxy) is 2.